The third-order valence-corrected chi connectivity index (χ3v) is 5.20. The van der Waals surface area contributed by atoms with Crippen LogP contribution >= 0.6 is 15.9 Å². The van der Waals surface area contributed by atoms with Crippen molar-refractivity contribution in [1.82, 2.24) is 4.31 Å². The molecule has 0 saturated heterocycles. The van der Waals surface area contributed by atoms with E-state index in [0.29, 0.717) is 0 Å². The summed E-state index contributed by atoms with van der Waals surface area (Å²) in [5, 5.41) is 17.7. The van der Waals surface area contributed by atoms with Gasteiger partial charge in [0.25, 0.3) is 0 Å². The zero-order valence-corrected chi connectivity index (χ0v) is 13.6. The van der Waals surface area contributed by atoms with Crippen molar-refractivity contribution in [2.45, 2.75) is 18.2 Å². The molecule has 1 aromatic carbocycles. The quantitative estimate of drug-likeness (QED) is 0.746. The van der Waals surface area contributed by atoms with Gasteiger partial charge in [0.05, 0.1) is 5.56 Å². The number of carboxylic acids is 1. The standard InChI is InChI=1S/C12H15BrFNO5S/c1-2-15(4-3-5-16)21(19,20)10-7-8(13)6-9(11(10)14)12(17)18/h6-7,16H,2-5H2,1H3,(H,17,18). The molecule has 1 aromatic rings. The van der Waals surface area contributed by atoms with Crippen LogP contribution < -0.4 is 0 Å². The maximum Gasteiger partial charge on any atom is 0.338 e. The lowest BCUT2D eigenvalue weighted by molar-refractivity contribution is 0.0691. The second-order valence-electron chi connectivity index (χ2n) is 4.14. The Labute approximate surface area is 130 Å². The van der Waals surface area contributed by atoms with Crippen LogP contribution in [-0.2, 0) is 10.0 Å². The molecule has 2 N–H and O–H groups in total. The molecule has 0 amide bonds. The van der Waals surface area contributed by atoms with E-state index in [2.05, 4.69) is 15.9 Å². The highest BCUT2D eigenvalue weighted by Gasteiger charge is 2.29. The summed E-state index contributed by atoms with van der Waals surface area (Å²) in [5.74, 6) is -2.85. The van der Waals surface area contributed by atoms with Crippen molar-refractivity contribution in [2.75, 3.05) is 19.7 Å². The number of hydrogen-bond acceptors (Lipinski definition) is 4. The van der Waals surface area contributed by atoms with E-state index in [1.807, 2.05) is 0 Å². The molecule has 0 radical (unpaired) electrons. The molecule has 6 nitrogen and oxygen atoms in total. The Kier molecular flexibility index (Phi) is 6.26. The largest absolute Gasteiger partial charge is 0.478 e. The van der Waals surface area contributed by atoms with Crippen molar-refractivity contribution in [2.24, 2.45) is 0 Å². The molecule has 0 unspecified atom stereocenters. The number of hydrogen-bond donors (Lipinski definition) is 2. The van der Waals surface area contributed by atoms with Gasteiger partial charge in [-0.05, 0) is 18.6 Å². The van der Waals surface area contributed by atoms with E-state index in [0.717, 1.165) is 16.4 Å². The van der Waals surface area contributed by atoms with E-state index in [4.69, 9.17) is 10.2 Å². The van der Waals surface area contributed by atoms with Crippen molar-refractivity contribution < 1.29 is 27.8 Å². The first kappa shape index (κ1) is 18.0. The van der Waals surface area contributed by atoms with Gasteiger partial charge >= 0.3 is 5.97 Å². The first-order valence-electron chi connectivity index (χ1n) is 6.09. The molecular weight excluding hydrogens is 369 g/mol. The average molecular weight is 384 g/mol. The highest BCUT2D eigenvalue weighted by atomic mass is 79.9. The summed E-state index contributed by atoms with van der Waals surface area (Å²) in [6.45, 7) is 1.47. The topological polar surface area (TPSA) is 94.9 Å². The van der Waals surface area contributed by atoms with Crippen molar-refractivity contribution >= 4 is 31.9 Å². The van der Waals surface area contributed by atoms with E-state index in [1.54, 1.807) is 6.92 Å². The molecule has 0 aliphatic heterocycles. The maximum atomic E-state index is 14.2. The Balaban J connectivity index is 3.40. The fraction of sp³-hybridized carbons (Fsp3) is 0.417. The van der Waals surface area contributed by atoms with Gasteiger partial charge in [-0.3, -0.25) is 0 Å². The molecule has 0 aromatic heterocycles. The number of carboxylic acid groups (broad SMARTS) is 1. The predicted molar refractivity (Wildman–Crippen MR) is 77.2 cm³/mol. The van der Waals surface area contributed by atoms with E-state index in [1.165, 1.54) is 0 Å². The van der Waals surface area contributed by atoms with Gasteiger partial charge in [0.1, 0.15) is 4.90 Å². The first-order chi connectivity index (χ1) is 9.75. The summed E-state index contributed by atoms with van der Waals surface area (Å²) in [4.78, 5) is 10.3. The maximum absolute atomic E-state index is 14.2. The monoisotopic (exact) mass is 383 g/mol. The normalized spacial score (nSPS) is 11.9. The second-order valence-corrected chi connectivity index (χ2v) is 6.97. The van der Waals surface area contributed by atoms with Crippen LogP contribution in [0.25, 0.3) is 0 Å². The lowest BCUT2D eigenvalue weighted by Crippen LogP contribution is -2.33. The van der Waals surface area contributed by atoms with Crippen LogP contribution in [0.3, 0.4) is 0 Å². The third kappa shape index (κ3) is 4.00. The number of halogens is 2. The number of sulfonamides is 1. The summed E-state index contributed by atoms with van der Waals surface area (Å²) < 4.78 is 40.1. The number of benzene rings is 1. The summed E-state index contributed by atoms with van der Waals surface area (Å²) in [6, 6.07) is 2.03. The lowest BCUT2D eigenvalue weighted by Gasteiger charge is -2.21. The number of aliphatic hydroxyl groups is 1. The van der Waals surface area contributed by atoms with Crippen LogP contribution in [0.2, 0.25) is 0 Å². The van der Waals surface area contributed by atoms with E-state index < -0.39 is 32.3 Å². The average Bonchev–Trinajstić information content (AvgIpc) is 2.41. The minimum Gasteiger partial charge on any atom is -0.478 e. The molecule has 0 atom stereocenters. The Bertz CT molecular complexity index is 635. The van der Waals surface area contributed by atoms with Crippen LogP contribution in [0.4, 0.5) is 4.39 Å². The highest BCUT2D eigenvalue weighted by Crippen LogP contribution is 2.26. The Morgan fingerprint density at radius 1 is 1.43 bits per heavy atom. The third-order valence-electron chi connectivity index (χ3n) is 2.77. The van der Waals surface area contributed by atoms with Gasteiger partial charge in [0.2, 0.25) is 10.0 Å². The molecule has 0 fully saturated rings. The van der Waals surface area contributed by atoms with Crippen LogP contribution in [0.1, 0.15) is 23.7 Å². The number of aliphatic hydroxyl groups excluding tert-OH is 1. The number of aromatic carboxylic acids is 1. The van der Waals surface area contributed by atoms with Gasteiger partial charge < -0.3 is 10.2 Å². The van der Waals surface area contributed by atoms with Gasteiger partial charge in [-0.1, -0.05) is 22.9 Å². The molecule has 9 heteroatoms. The molecule has 0 aliphatic carbocycles. The molecule has 0 bridgehead atoms. The Morgan fingerprint density at radius 3 is 2.52 bits per heavy atom. The summed E-state index contributed by atoms with van der Waals surface area (Å²) in [5.41, 5.74) is -0.721. The number of nitrogens with zero attached hydrogens (tertiary/aromatic N) is 1. The van der Waals surface area contributed by atoms with Crippen molar-refractivity contribution in [3.63, 3.8) is 0 Å². The van der Waals surface area contributed by atoms with Gasteiger partial charge in [-0.15, -0.1) is 0 Å². The van der Waals surface area contributed by atoms with Crippen LogP contribution in [0, 0.1) is 5.82 Å². The number of carbonyl (C=O) groups is 1. The number of rotatable bonds is 7. The van der Waals surface area contributed by atoms with Crippen LogP contribution in [0.15, 0.2) is 21.5 Å². The smallest absolute Gasteiger partial charge is 0.338 e. The molecule has 1 rings (SSSR count). The Hall–Kier alpha value is -1.03. The molecule has 0 saturated carbocycles. The predicted octanol–water partition coefficient (Wildman–Crippen LogP) is 1.68. The highest BCUT2D eigenvalue weighted by molar-refractivity contribution is 9.10. The van der Waals surface area contributed by atoms with Gasteiger partial charge in [0.15, 0.2) is 5.82 Å². The summed E-state index contributed by atoms with van der Waals surface area (Å²) in [6.07, 6.45) is 0.203. The molecule has 118 valence electrons. The van der Waals surface area contributed by atoms with Gasteiger partial charge in [-0.2, -0.15) is 4.31 Å². The molecule has 0 heterocycles. The SMILES string of the molecule is CCN(CCCO)S(=O)(=O)c1cc(Br)cc(C(=O)O)c1F. The summed E-state index contributed by atoms with van der Waals surface area (Å²) in [7, 11) is -4.18. The first-order valence-corrected chi connectivity index (χ1v) is 8.32. The summed E-state index contributed by atoms with van der Waals surface area (Å²) >= 11 is 2.98. The minimum absolute atomic E-state index is 0.0176. The zero-order valence-electron chi connectivity index (χ0n) is 11.2. The van der Waals surface area contributed by atoms with E-state index >= 15 is 0 Å². The molecule has 0 aliphatic rings. The van der Waals surface area contributed by atoms with Crippen LogP contribution in [0.5, 0.6) is 0 Å². The fourth-order valence-corrected chi connectivity index (χ4v) is 3.95. The molecule has 0 spiro atoms. The second kappa shape index (κ2) is 7.30. The molecular formula is C12H15BrFNO5S. The zero-order chi connectivity index (χ0) is 16.2. The Morgan fingerprint density at radius 2 is 2.05 bits per heavy atom. The van der Waals surface area contributed by atoms with Crippen LogP contribution in [-0.4, -0.2) is 48.6 Å². The van der Waals surface area contributed by atoms with E-state index in [9.17, 15) is 17.6 Å². The van der Waals surface area contributed by atoms with Crippen molar-refractivity contribution in [1.29, 1.82) is 0 Å². The van der Waals surface area contributed by atoms with Crippen molar-refractivity contribution in [3.05, 3.63) is 28.0 Å². The van der Waals surface area contributed by atoms with Crippen molar-refractivity contribution in [3.8, 4) is 0 Å². The molecule has 21 heavy (non-hydrogen) atoms. The van der Waals surface area contributed by atoms with Gasteiger partial charge in [0, 0.05) is 24.2 Å². The lowest BCUT2D eigenvalue weighted by atomic mass is 10.2. The fourth-order valence-electron chi connectivity index (χ4n) is 1.74. The minimum atomic E-state index is -4.18. The van der Waals surface area contributed by atoms with Gasteiger partial charge in [-0.25, -0.2) is 17.6 Å². The van der Waals surface area contributed by atoms with E-state index in [-0.39, 0.29) is 30.6 Å².